The van der Waals surface area contributed by atoms with E-state index in [9.17, 15) is 9.59 Å². The van der Waals surface area contributed by atoms with Crippen LogP contribution in [0.4, 0.5) is 4.79 Å². The first-order valence-electron chi connectivity index (χ1n) is 9.27. The Morgan fingerprint density at radius 1 is 1.29 bits per heavy atom. The molecule has 0 saturated carbocycles. The first-order valence-corrected chi connectivity index (χ1v) is 9.27. The normalized spacial score (nSPS) is 17.2. The van der Waals surface area contributed by atoms with E-state index in [1.807, 2.05) is 56.3 Å². The van der Waals surface area contributed by atoms with Crippen molar-refractivity contribution >= 4 is 12.0 Å². The molecule has 2 aromatic rings. The predicted octanol–water partition coefficient (Wildman–Crippen LogP) is 4.69. The molecular formula is C23H25NO4. The van der Waals surface area contributed by atoms with E-state index in [4.69, 9.17) is 9.47 Å². The number of aryl methyl sites for hydroxylation is 2. The monoisotopic (exact) mass is 379 g/mol. The number of cyclic esters (lactones) is 1. The number of carbonyl (C=O) groups excluding carboxylic acids is 2. The lowest BCUT2D eigenvalue weighted by Crippen LogP contribution is -2.35. The van der Waals surface area contributed by atoms with Crippen LogP contribution in [0, 0.1) is 13.8 Å². The Kier molecular flexibility index (Phi) is 5.83. The van der Waals surface area contributed by atoms with Gasteiger partial charge in [0.15, 0.2) is 0 Å². The number of rotatable bonds is 6. The number of amides is 2. The zero-order chi connectivity index (χ0) is 20.3. The molecule has 1 unspecified atom stereocenters. The summed E-state index contributed by atoms with van der Waals surface area (Å²) in [5.41, 5.74) is 3.97. The van der Waals surface area contributed by atoms with Crippen LogP contribution in [0.3, 0.4) is 0 Å². The minimum atomic E-state index is -0.593. The number of carbonyl (C=O) groups is 2. The topological polar surface area (TPSA) is 55.8 Å². The molecule has 3 rings (SSSR count). The average Bonchev–Trinajstić information content (AvgIpc) is 3.08. The van der Waals surface area contributed by atoms with Crippen LogP contribution in [0.2, 0.25) is 0 Å². The lowest BCUT2D eigenvalue weighted by Gasteiger charge is -2.24. The fourth-order valence-corrected chi connectivity index (χ4v) is 3.85. The summed E-state index contributed by atoms with van der Waals surface area (Å²) in [4.78, 5) is 26.6. The molecule has 2 amide bonds. The van der Waals surface area contributed by atoms with Gasteiger partial charge in [0.1, 0.15) is 18.4 Å². The summed E-state index contributed by atoms with van der Waals surface area (Å²) in [6.45, 7) is 8.07. The van der Waals surface area contributed by atoms with Crippen molar-refractivity contribution in [3.63, 3.8) is 0 Å². The zero-order valence-corrected chi connectivity index (χ0v) is 16.5. The van der Waals surface area contributed by atoms with Crippen LogP contribution in [-0.4, -0.2) is 30.6 Å². The first-order chi connectivity index (χ1) is 13.5. The molecule has 1 heterocycles. The molecule has 2 atom stereocenters. The maximum Gasteiger partial charge on any atom is 0.417 e. The van der Waals surface area contributed by atoms with E-state index in [-0.39, 0.29) is 24.9 Å². The molecule has 0 bridgehead atoms. The third kappa shape index (κ3) is 3.79. The molecule has 5 nitrogen and oxygen atoms in total. The van der Waals surface area contributed by atoms with Crippen LogP contribution < -0.4 is 4.74 Å². The summed E-state index contributed by atoms with van der Waals surface area (Å²) < 4.78 is 10.5. The minimum Gasteiger partial charge on any atom is -0.497 e. The second-order valence-electron chi connectivity index (χ2n) is 6.99. The summed E-state index contributed by atoms with van der Waals surface area (Å²) in [7, 11) is 1.63. The molecule has 0 aliphatic carbocycles. The van der Waals surface area contributed by atoms with Gasteiger partial charge in [-0.1, -0.05) is 36.4 Å². The van der Waals surface area contributed by atoms with Crippen molar-refractivity contribution in [2.75, 3.05) is 13.7 Å². The van der Waals surface area contributed by atoms with E-state index in [2.05, 4.69) is 6.58 Å². The number of hydrogen-bond donors (Lipinski definition) is 0. The molecule has 0 spiro atoms. The van der Waals surface area contributed by atoms with Crippen molar-refractivity contribution in [1.29, 1.82) is 0 Å². The van der Waals surface area contributed by atoms with Crippen LogP contribution in [-0.2, 0) is 9.53 Å². The Bertz CT molecular complexity index is 868. The van der Waals surface area contributed by atoms with E-state index in [0.29, 0.717) is 0 Å². The van der Waals surface area contributed by atoms with Gasteiger partial charge in [0.25, 0.3) is 0 Å². The maximum absolute atomic E-state index is 13.1. The molecule has 0 aromatic heterocycles. The Morgan fingerprint density at radius 2 is 1.93 bits per heavy atom. The van der Waals surface area contributed by atoms with Gasteiger partial charge in [0.05, 0.1) is 7.11 Å². The van der Waals surface area contributed by atoms with Gasteiger partial charge in [-0.3, -0.25) is 4.79 Å². The van der Waals surface area contributed by atoms with Gasteiger partial charge >= 0.3 is 6.09 Å². The van der Waals surface area contributed by atoms with Crippen molar-refractivity contribution < 1.29 is 19.1 Å². The Morgan fingerprint density at radius 3 is 2.50 bits per heavy atom. The molecule has 0 radical (unpaired) electrons. The van der Waals surface area contributed by atoms with Crippen LogP contribution in [0.15, 0.2) is 55.1 Å². The second-order valence-corrected chi connectivity index (χ2v) is 6.99. The predicted molar refractivity (Wildman–Crippen MR) is 107 cm³/mol. The Hall–Kier alpha value is -3.08. The molecule has 2 aromatic carbocycles. The van der Waals surface area contributed by atoms with Crippen LogP contribution in [0.5, 0.6) is 5.75 Å². The fraction of sp³-hybridized carbons (Fsp3) is 0.304. The van der Waals surface area contributed by atoms with E-state index in [1.54, 1.807) is 13.2 Å². The highest BCUT2D eigenvalue weighted by Crippen LogP contribution is 2.34. The fourth-order valence-electron chi connectivity index (χ4n) is 3.85. The van der Waals surface area contributed by atoms with E-state index in [0.717, 1.165) is 28.0 Å². The lowest BCUT2D eigenvalue weighted by atomic mass is 9.87. The minimum absolute atomic E-state index is 0.149. The average molecular weight is 379 g/mol. The van der Waals surface area contributed by atoms with Crippen molar-refractivity contribution in [2.24, 2.45) is 0 Å². The first kappa shape index (κ1) is 19.7. The molecule has 1 aliphatic heterocycles. The summed E-state index contributed by atoms with van der Waals surface area (Å²) in [6, 6.07) is 13.0. The number of ether oxygens (including phenoxy) is 2. The highest BCUT2D eigenvalue weighted by molar-refractivity contribution is 5.94. The summed E-state index contributed by atoms with van der Waals surface area (Å²) in [6.07, 6.45) is 1.32. The van der Waals surface area contributed by atoms with Gasteiger partial charge in [-0.05, 0) is 48.2 Å². The smallest absolute Gasteiger partial charge is 0.417 e. The van der Waals surface area contributed by atoms with Crippen molar-refractivity contribution in [3.8, 4) is 5.75 Å². The summed E-state index contributed by atoms with van der Waals surface area (Å²) in [5.74, 6) is 0.305. The maximum atomic E-state index is 13.1. The molecule has 1 aliphatic rings. The molecule has 28 heavy (non-hydrogen) atoms. The van der Waals surface area contributed by atoms with Gasteiger partial charge in [-0.2, -0.15) is 0 Å². The molecule has 1 saturated heterocycles. The molecular weight excluding hydrogens is 354 g/mol. The molecule has 146 valence electrons. The van der Waals surface area contributed by atoms with E-state index in [1.165, 1.54) is 4.90 Å². The van der Waals surface area contributed by atoms with Crippen LogP contribution in [0.25, 0.3) is 0 Å². The number of nitrogens with zero attached hydrogens (tertiary/aromatic N) is 1. The van der Waals surface area contributed by atoms with Gasteiger partial charge in [-0.25, -0.2) is 9.69 Å². The number of benzene rings is 2. The number of hydrogen-bond acceptors (Lipinski definition) is 4. The highest BCUT2D eigenvalue weighted by atomic mass is 16.6. The third-order valence-electron chi connectivity index (χ3n) is 5.18. The second kappa shape index (κ2) is 8.30. The Labute approximate surface area is 165 Å². The van der Waals surface area contributed by atoms with E-state index >= 15 is 0 Å². The number of allylic oxidation sites excluding steroid dienone is 1. The van der Waals surface area contributed by atoms with Crippen LogP contribution in [0.1, 0.15) is 40.6 Å². The van der Waals surface area contributed by atoms with Crippen molar-refractivity contribution in [3.05, 3.63) is 77.4 Å². The van der Waals surface area contributed by atoms with Gasteiger partial charge in [0.2, 0.25) is 5.91 Å². The van der Waals surface area contributed by atoms with Crippen molar-refractivity contribution in [1.82, 2.24) is 4.90 Å². The standard InChI is InChI=1S/C23H25NO4/c1-5-17(22-15(2)11-19(27-4)12-16(22)3)13-21(25)24-20(14-28-23(24)26)18-9-7-6-8-10-18/h5-12,17,20H,1,13-14H2,2-4H3/t17?,20-/m0/s1. The van der Waals surface area contributed by atoms with Gasteiger partial charge < -0.3 is 9.47 Å². The van der Waals surface area contributed by atoms with Gasteiger partial charge in [0, 0.05) is 12.3 Å². The molecule has 5 heteroatoms. The summed E-state index contributed by atoms with van der Waals surface area (Å²) in [5, 5.41) is 0. The van der Waals surface area contributed by atoms with Crippen molar-refractivity contribution in [2.45, 2.75) is 32.2 Å². The SMILES string of the molecule is C=CC(CC(=O)N1C(=O)OC[C@H]1c1ccccc1)c1c(C)cc(OC)cc1C. The number of methoxy groups -OCH3 is 1. The quantitative estimate of drug-likeness (QED) is 0.683. The summed E-state index contributed by atoms with van der Waals surface area (Å²) >= 11 is 0. The Balaban J connectivity index is 1.86. The molecule has 1 fully saturated rings. The van der Waals surface area contributed by atoms with E-state index < -0.39 is 12.1 Å². The lowest BCUT2D eigenvalue weighted by molar-refractivity contribution is -0.129. The zero-order valence-electron chi connectivity index (χ0n) is 16.5. The third-order valence-corrected chi connectivity index (χ3v) is 5.18. The highest BCUT2D eigenvalue weighted by Gasteiger charge is 2.39. The molecule has 0 N–H and O–H groups in total. The largest absolute Gasteiger partial charge is 0.497 e. The van der Waals surface area contributed by atoms with Gasteiger partial charge in [-0.15, -0.1) is 6.58 Å². The number of imide groups is 1. The van der Waals surface area contributed by atoms with Crippen LogP contribution >= 0.6 is 0 Å².